The van der Waals surface area contributed by atoms with Crippen molar-refractivity contribution >= 4 is 22.3 Å². The van der Waals surface area contributed by atoms with E-state index in [9.17, 15) is 5.21 Å². The number of hydrogen-bond donors (Lipinski definition) is 1. The van der Waals surface area contributed by atoms with Crippen LogP contribution in [0.4, 0.5) is 11.4 Å². The topological polar surface area (TPSA) is 69.1 Å². The molecule has 88 valence electrons. The third kappa shape index (κ3) is 1.54. The molecule has 0 bridgehead atoms. The highest BCUT2D eigenvalue weighted by Gasteiger charge is 2.21. The number of fused-ring (bicyclic) bond motifs is 1. The van der Waals surface area contributed by atoms with E-state index in [4.69, 9.17) is 5.73 Å². The van der Waals surface area contributed by atoms with E-state index in [1.54, 1.807) is 6.07 Å². The van der Waals surface area contributed by atoms with E-state index in [1.807, 2.05) is 12.1 Å². The quantitative estimate of drug-likeness (QED) is 0.451. The molecular formula is C12H14N4O. The largest absolute Gasteiger partial charge is 0.594 e. The van der Waals surface area contributed by atoms with E-state index >= 15 is 0 Å². The van der Waals surface area contributed by atoms with Crippen LogP contribution in [0.5, 0.6) is 0 Å². The Balaban J connectivity index is 2.27. The molecule has 0 spiro atoms. The zero-order chi connectivity index (χ0) is 11.8. The van der Waals surface area contributed by atoms with Gasteiger partial charge in [-0.05, 0) is 35.9 Å². The highest BCUT2D eigenvalue weighted by molar-refractivity contribution is 5.96. The normalized spacial score (nSPS) is 15.6. The summed E-state index contributed by atoms with van der Waals surface area (Å²) in [6, 6.07) is 5.56. The van der Waals surface area contributed by atoms with E-state index in [0.29, 0.717) is 16.0 Å². The van der Waals surface area contributed by atoms with E-state index in [1.165, 1.54) is 19.0 Å². The van der Waals surface area contributed by atoms with Gasteiger partial charge in [-0.25, -0.2) is 0 Å². The van der Waals surface area contributed by atoms with Gasteiger partial charge in [0.15, 0.2) is 0 Å². The minimum Gasteiger partial charge on any atom is -0.594 e. The Labute approximate surface area is 99.0 Å². The minimum atomic E-state index is 0.578. The van der Waals surface area contributed by atoms with Gasteiger partial charge in [-0.1, -0.05) is 0 Å². The van der Waals surface area contributed by atoms with Gasteiger partial charge >= 0.3 is 0 Å². The summed E-state index contributed by atoms with van der Waals surface area (Å²) in [6.45, 7) is 1.99. The Kier molecular flexibility index (Phi) is 2.24. The van der Waals surface area contributed by atoms with Gasteiger partial charge in [0.1, 0.15) is 5.69 Å². The highest BCUT2D eigenvalue weighted by Crippen LogP contribution is 2.29. The van der Waals surface area contributed by atoms with Crippen LogP contribution >= 0.6 is 0 Å². The van der Waals surface area contributed by atoms with Crippen molar-refractivity contribution in [3.05, 3.63) is 29.6 Å². The molecular weight excluding hydrogens is 216 g/mol. The lowest BCUT2D eigenvalue weighted by Gasteiger charge is -2.18. The zero-order valence-corrected chi connectivity index (χ0v) is 9.47. The second-order valence-corrected chi connectivity index (χ2v) is 4.33. The minimum absolute atomic E-state index is 0.578. The lowest BCUT2D eigenvalue weighted by molar-refractivity contribution is -0.642. The maximum Gasteiger partial charge on any atom is 0.277 e. The highest BCUT2D eigenvalue weighted by atomic mass is 16.5. The van der Waals surface area contributed by atoms with Crippen LogP contribution in [0.25, 0.3) is 10.9 Å². The summed E-state index contributed by atoms with van der Waals surface area (Å²) in [4.78, 5) is 2.89. The van der Waals surface area contributed by atoms with E-state index in [2.05, 4.69) is 10.00 Å². The number of nitrogens with zero attached hydrogens (tertiary/aromatic N) is 3. The summed E-state index contributed by atoms with van der Waals surface area (Å²) in [5.74, 6) is 0. The van der Waals surface area contributed by atoms with Crippen molar-refractivity contribution in [3.63, 3.8) is 0 Å². The molecule has 2 N–H and O–H groups in total. The predicted octanol–water partition coefficient (Wildman–Crippen LogP) is 1.05. The van der Waals surface area contributed by atoms with Crippen molar-refractivity contribution in [3.8, 4) is 0 Å². The van der Waals surface area contributed by atoms with Crippen LogP contribution in [-0.4, -0.2) is 18.2 Å². The van der Waals surface area contributed by atoms with Gasteiger partial charge in [-0.2, -0.15) is 0 Å². The van der Waals surface area contributed by atoms with Gasteiger partial charge in [-0.15, -0.1) is 0 Å². The van der Waals surface area contributed by atoms with Crippen LogP contribution in [0.1, 0.15) is 12.8 Å². The fourth-order valence-electron chi connectivity index (χ4n) is 2.43. The zero-order valence-electron chi connectivity index (χ0n) is 9.47. The number of anilines is 2. The maximum absolute atomic E-state index is 11.8. The van der Waals surface area contributed by atoms with Gasteiger partial charge in [0, 0.05) is 23.9 Å². The van der Waals surface area contributed by atoms with E-state index in [0.717, 1.165) is 24.2 Å². The number of aromatic nitrogens is 2. The first-order chi connectivity index (χ1) is 8.27. The molecule has 1 aromatic carbocycles. The molecule has 1 aromatic heterocycles. The fourth-order valence-corrected chi connectivity index (χ4v) is 2.43. The third-order valence-corrected chi connectivity index (χ3v) is 3.28. The SMILES string of the molecule is Nc1ccc(N2CCCC2)c2c1ccn[n+]2[O-]. The molecule has 0 aliphatic carbocycles. The van der Waals surface area contributed by atoms with Crippen molar-refractivity contribution < 1.29 is 4.85 Å². The molecule has 0 unspecified atom stereocenters. The first-order valence-electron chi connectivity index (χ1n) is 5.79. The fraction of sp³-hybridized carbons (Fsp3) is 0.333. The van der Waals surface area contributed by atoms with Crippen LogP contribution in [0.2, 0.25) is 0 Å². The summed E-state index contributed by atoms with van der Waals surface area (Å²) in [5, 5.41) is 16.4. The van der Waals surface area contributed by atoms with Crippen LogP contribution in [0, 0.1) is 5.21 Å². The van der Waals surface area contributed by atoms with Gasteiger partial charge in [0.2, 0.25) is 0 Å². The molecule has 1 saturated heterocycles. The molecule has 2 aromatic rings. The Morgan fingerprint density at radius 1 is 1.24 bits per heavy atom. The number of nitrogens with two attached hydrogens (primary N) is 1. The lowest BCUT2D eigenvalue weighted by atomic mass is 10.1. The molecule has 3 rings (SSSR count). The van der Waals surface area contributed by atoms with Gasteiger partial charge in [0.25, 0.3) is 5.52 Å². The van der Waals surface area contributed by atoms with Crippen molar-refractivity contribution in [2.45, 2.75) is 12.8 Å². The Hall–Kier alpha value is -2.04. The molecule has 0 atom stereocenters. The molecule has 1 aliphatic heterocycles. The van der Waals surface area contributed by atoms with Crippen molar-refractivity contribution in [1.29, 1.82) is 0 Å². The number of nitrogen functional groups attached to an aromatic ring is 1. The van der Waals surface area contributed by atoms with Gasteiger partial charge in [-0.3, -0.25) is 0 Å². The third-order valence-electron chi connectivity index (χ3n) is 3.28. The van der Waals surface area contributed by atoms with Crippen LogP contribution < -0.4 is 15.5 Å². The standard InChI is InChI=1S/C12H14N4O/c13-10-3-4-11(15-7-1-2-8-15)12-9(10)5-6-14-16(12)17/h3-6H,1-2,7-8,13H2. The predicted molar refractivity (Wildman–Crippen MR) is 66.6 cm³/mol. The molecule has 5 heteroatoms. The summed E-state index contributed by atoms with van der Waals surface area (Å²) in [6.07, 6.45) is 3.83. The average molecular weight is 230 g/mol. The second-order valence-electron chi connectivity index (χ2n) is 4.33. The Morgan fingerprint density at radius 2 is 2.00 bits per heavy atom. The molecule has 1 fully saturated rings. The number of benzene rings is 1. The first-order valence-corrected chi connectivity index (χ1v) is 5.79. The van der Waals surface area contributed by atoms with E-state index in [-0.39, 0.29) is 0 Å². The smallest absolute Gasteiger partial charge is 0.277 e. The van der Waals surface area contributed by atoms with Crippen molar-refractivity contribution in [2.75, 3.05) is 23.7 Å². The molecule has 17 heavy (non-hydrogen) atoms. The molecule has 0 saturated carbocycles. The van der Waals surface area contributed by atoms with E-state index < -0.39 is 0 Å². The van der Waals surface area contributed by atoms with Crippen LogP contribution in [0.3, 0.4) is 0 Å². The molecule has 5 nitrogen and oxygen atoms in total. The Morgan fingerprint density at radius 3 is 2.76 bits per heavy atom. The van der Waals surface area contributed by atoms with Crippen LogP contribution in [0.15, 0.2) is 24.4 Å². The number of hydrogen-bond acceptors (Lipinski definition) is 4. The summed E-state index contributed by atoms with van der Waals surface area (Å²) >= 11 is 0. The molecule has 0 amide bonds. The lowest BCUT2D eigenvalue weighted by Crippen LogP contribution is -2.34. The van der Waals surface area contributed by atoms with Crippen molar-refractivity contribution in [2.24, 2.45) is 0 Å². The molecule has 1 aliphatic rings. The number of rotatable bonds is 1. The first kappa shape index (κ1) is 10.1. The van der Waals surface area contributed by atoms with Gasteiger partial charge in [0.05, 0.1) is 11.6 Å². The molecule has 2 heterocycles. The maximum atomic E-state index is 11.8. The summed E-state index contributed by atoms with van der Waals surface area (Å²) in [7, 11) is 0. The second kappa shape index (κ2) is 3.76. The summed E-state index contributed by atoms with van der Waals surface area (Å²) in [5.41, 5.74) is 8.03. The Bertz CT molecular complexity index is 564. The van der Waals surface area contributed by atoms with Crippen molar-refractivity contribution in [1.82, 2.24) is 5.10 Å². The van der Waals surface area contributed by atoms with Crippen LogP contribution in [-0.2, 0) is 0 Å². The average Bonchev–Trinajstić information content (AvgIpc) is 2.84. The van der Waals surface area contributed by atoms with Gasteiger partial charge < -0.3 is 15.8 Å². The summed E-state index contributed by atoms with van der Waals surface area (Å²) < 4.78 is 0. The molecule has 0 radical (unpaired) electrons. The monoisotopic (exact) mass is 230 g/mol.